The number of nitrogens with one attached hydrogen (secondary N) is 4. The predicted octanol–water partition coefficient (Wildman–Crippen LogP) is 6.41. The van der Waals surface area contributed by atoms with E-state index in [2.05, 4.69) is 54.4 Å². The van der Waals surface area contributed by atoms with Crippen LogP contribution in [0.4, 0.5) is 17.3 Å². The van der Waals surface area contributed by atoms with E-state index in [0.717, 1.165) is 43.4 Å². The Balaban J connectivity index is 0.000000245. The van der Waals surface area contributed by atoms with Crippen LogP contribution in [0.25, 0.3) is 0 Å². The zero-order valence-electron chi connectivity index (χ0n) is 30.9. The van der Waals surface area contributed by atoms with Crippen LogP contribution in [0.1, 0.15) is 50.5 Å². The van der Waals surface area contributed by atoms with Crippen LogP contribution in [0.3, 0.4) is 0 Å². The van der Waals surface area contributed by atoms with Crippen LogP contribution in [-0.4, -0.2) is 85.9 Å². The summed E-state index contributed by atoms with van der Waals surface area (Å²) >= 11 is 11.5. The molecule has 6 rings (SSSR count). The van der Waals surface area contributed by atoms with Gasteiger partial charge in [-0.2, -0.15) is 0 Å². The molecule has 4 heterocycles. The average molecular weight is 825 g/mol. The fourth-order valence-electron chi connectivity index (χ4n) is 5.65. The van der Waals surface area contributed by atoms with Gasteiger partial charge in [0.2, 0.25) is 17.8 Å². The molecule has 2 saturated heterocycles. The van der Waals surface area contributed by atoms with Gasteiger partial charge < -0.3 is 31.3 Å². The summed E-state index contributed by atoms with van der Waals surface area (Å²) in [6.07, 6.45) is 11.7. The molecule has 56 heavy (non-hydrogen) atoms. The Morgan fingerprint density at radius 3 is 1.89 bits per heavy atom. The molecule has 5 N–H and O–H groups in total. The largest absolute Gasteiger partial charge is 0.478 e. The van der Waals surface area contributed by atoms with E-state index in [0.29, 0.717) is 57.5 Å². The molecular formula is C39H44Cl3N9O5. The van der Waals surface area contributed by atoms with Crippen LogP contribution in [0.2, 0.25) is 10.0 Å². The van der Waals surface area contributed by atoms with Crippen LogP contribution < -0.4 is 21.3 Å². The lowest BCUT2D eigenvalue weighted by Gasteiger charge is -2.18. The highest BCUT2D eigenvalue weighted by Crippen LogP contribution is 2.21. The fourth-order valence-corrected chi connectivity index (χ4v) is 5.84. The first-order valence-electron chi connectivity index (χ1n) is 17.4. The van der Waals surface area contributed by atoms with Gasteiger partial charge in [0.05, 0.1) is 28.0 Å². The number of nitrogens with zero attached hydrogens (tertiary/aromatic N) is 5. The summed E-state index contributed by atoms with van der Waals surface area (Å²) in [5, 5.41) is 21.6. The zero-order valence-corrected chi connectivity index (χ0v) is 33.3. The lowest BCUT2D eigenvalue weighted by molar-refractivity contribution is -0.112. The van der Waals surface area contributed by atoms with Crippen molar-refractivity contribution in [2.75, 3.05) is 42.1 Å². The minimum absolute atomic E-state index is 0. The number of carbonyl (C=O) groups excluding carboxylic acids is 3. The van der Waals surface area contributed by atoms with Crippen LogP contribution in [0.5, 0.6) is 0 Å². The molecule has 2 aliphatic rings. The van der Waals surface area contributed by atoms with Crippen molar-refractivity contribution in [3.05, 3.63) is 125 Å². The third kappa shape index (κ3) is 14.0. The monoisotopic (exact) mass is 823 g/mol. The van der Waals surface area contributed by atoms with E-state index >= 15 is 0 Å². The van der Waals surface area contributed by atoms with Crippen LogP contribution in [-0.2, 0) is 16.0 Å². The molecule has 0 aliphatic carbocycles. The molecule has 4 aromatic rings. The molecular weight excluding hydrogens is 781 g/mol. The minimum Gasteiger partial charge on any atom is -0.478 e. The van der Waals surface area contributed by atoms with Crippen molar-refractivity contribution in [3.8, 4) is 0 Å². The lowest BCUT2D eigenvalue weighted by Crippen LogP contribution is -2.32. The molecule has 0 unspecified atom stereocenters. The SMILES string of the molecule is C=CC(=O)Nc1ccc(C(=O)N2CC[C@@H](Nc3ncc(Cl)cn3)C2)cc1C.C=CC(=O)Nc1ccc(C(=O)O)cc1C.Cl.Clc1cnc(C[C@@H]2CCNC2)nc1. The first-order chi connectivity index (χ1) is 26.3. The van der Waals surface area contributed by atoms with Gasteiger partial charge in [-0.05, 0) is 105 Å². The number of hydrogen-bond acceptors (Lipinski definition) is 10. The van der Waals surface area contributed by atoms with Gasteiger partial charge in [0.25, 0.3) is 5.91 Å². The van der Waals surface area contributed by atoms with Crippen molar-refractivity contribution in [3.63, 3.8) is 0 Å². The minimum atomic E-state index is -0.986. The Hall–Kier alpha value is -5.41. The Kier molecular flexibility index (Phi) is 17.8. The quantitative estimate of drug-likeness (QED) is 0.111. The number of hydrogen-bond donors (Lipinski definition) is 5. The fraction of sp³-hybridized carbons (Fsp3) is 0.282. The maximum Gasteiger partial charge on any atom is 0.335 e. The summed E-state index contributed by atoms with van der Waals surface area (Å²) in [6, 6.07) is 9.82. The van der Waals surface area contributed by atoms with E-state index in [1.165, 1.54) is 37.0 Å². The first kappa shape index (κ1) is 45.0. The lowest BCUT2D eigenvalue weighted by atomic mass is 10.1. The Labute approximate surface area is 341 Å². The van der Waals surface area contributed by atoms with Gasteiger partial charge in [-0.15, -0.1) is 12.4 Å². The van der Waals surface area contributed by atoms with Crippen molar-refractivity contribution < 1.29 is 24.3 Å². The number of aryl methyl sites for hydroxylation is 2. The third-order valence-electron chi connectivity index (χ3n) is 8.57. The number of carboxylic acids is 1. The van der Waals surface area contributed by atoms with Gasteiger partial charge in [-0.3, -0.25) is 14.4 Å². The molecule has 2 aromatic carbocycles. The van der Waals surface area contributed by atoms with E-state index in [4.69, 9.17) is 28.3 Å². The Morgan fingerprint density at radius 1 is 0.857 bits per heavy atom. The maximum atomic E-state index is 12.8. The van der Waals surface area contributed by atoms with E-state index in [9.17, 15) is 19.2 Å². The second kappa shape index (κ2) is 22.2. The molecule has 17 heteroatoms. The summed E-state index contributed by atoms with van der Waals surface area (Å²) in [5.41, 5.74) is 3.56. The van der Waals surface area contributed by atoms with E-state index in [-0.39, 0.29) is 41.7 Å². The van der Waals surface area contributed by atoms with Crippen molar-refractivity contribution in [2.45, 2.75) is 39.2 Å². The van der Waals surface area contributed by atoms with Gasteiger partial charge in [-0.25, -0.2) is 24.7 Å². The number of aromatic carboxylic acids is 1. The summed E-state index contributed by atoms with van der Waals surface area (Å²) in [5.74, 6) is 0.466. The second-order valence-electron chi connectivity index (χ2n) is 12.7. The van der Waals surface area contributed by atoms with E-state index in [1.54, 1.807) is 48.5 Å². The highest BCUT2D eigenvalue weighted by Gasteiger charge is 2.27. The van der Waals surface area contributed by atoms with Crippen molar-refractivity contribution in [2.24, 2.45) is 5.92 Å². The molecule has 0 saturated carbocycles. The molecule has 0 spiro atoms. The summed E-state index contributed by atoms with van der Waals surface area (Å²) in [6.45, 7) is 13.8. The molecule has 2 aliphatic heterocycles. The van der Waals surface area contributed by atoms with Crippen LogP contribution >= 0.6 is 35.6 Å². The number of halogens is 3. The molecule has 2 aromatic heterocycles. The van der Waals surface area contributed by atoms with Crippen LogP contribution in [0.15, 0.2) is 86.5 Å². The van der Waals surface area contributed by atoms with Crippen molar-refractivity contribution in [1.82, 2.24) is 30.2 Å². The van der Waals surface area contributed by atoms with Gasteiger partial charge in [0.15, 0.2) is 0 Å². The standard InChI is InChI=1S/C19H20ClN5O2.C11H11NO3.C9H12ClN3.ClH/c1-3-17(26)24-16-5-4-13(8-12(16)2)18(27)25-7-6-15(11-25)23-19-21-9-14(20)10-22-19;1-3-10(13)12-9-5-4-8(11(14)15)6-7(9)2;10-8-5-12-9(13-6-8)3-7-1-2-11-4-7;/h3-5,8-10,15H,1,6-7,11H2,2H3,(H,24,26)(H,21,22,23);3-6H,1H2,2H3,(H,12,13)(H,14,15);5-7,11H,1-4H2;1H/t15-;;7-;/m1.0./s1. The predicted molar refractivity (Wildman–Crippen MR) is 221 cm³/mol. The van der Waals surface area contributed by atoms with Crippen molar-refractivity contribution >= 4 is 76.6 Å². The van der Waals surface area contributed by atoms with Gasteiger partial charge in [-0.1, -0.05) is 36.4 Å². The molecule has 3 amide bonds. The Morgan fingerprint density at radius 2 is 1.39 bits per heavy atom. The number of amides is 3. The zero-order chi connectivity index (χ0) is 39.9. The van der Waals surface area contributed by atoms with E-state index in [1.807, 2.05) is 6.92 Å². The maximum absolute atomic E-state index is 12.8. The number of rotatable bonds is 10. The number of carboxylic acid groups (broad SMARTS) is 1. The number of likely N-dealkylation sites (tertiary alicyclic amines) is 1. The molecule has 2 atom stereocenters. The van der Waals surface area contributed by atoms with Gasteiger partial charge >= 0.3 is 5.97 Å². The summed E-state index contributed by atoms with van der Waals surface area (Å²) in [4.78, 5) is 64.2. The van der Waals surface area contributed by atoms with Crippen molar-refractivity contribution in [1.29, 1.82) is 0 Å². The molecule has 14 nitrogen and oxygen atoms in total. The highest BCUT2D eigenvalue weighted by atomic mass is 35.5. The number of anilines is 3. The number of carbonyl (C=O) groups is 4. The Bertz CT molecular complexity index is 1990. The van der Waals surface area contributed by atoms with Gasteiger partial charge in [0.1, 0.15) is 5.82 Å². The topological polar surface area (TPSA) is 191 Å². The number of aromatic nitrogens is 4. The smallest absolute Gasteiger partial charge is 0.335 e. The average Bonchev–Trinajstić information content (AvgIpc) is 3.88. The molecule has 296 valence electrons. The second-order valence-corrected chi connectivity index (χ2v) is 13.6. The first-order valence-corrected chi connectivity index (χ1v) is 18.1. The molecule has 0 bridgehead atoms. The normalized spacial score (nSPS) is 15.4. The molecule has 0 radical (unpaired) electrons. The summed E-state index contributed by atoms with van der Waals surface area (Å²) in [7, 11) is 0. The van der Waals surface area contributed by atoms with Crippen LogP contribution in [0, 0.1) is 19.8 Å². The summed E-state index contributed by atoms with van der Waals surface area (Å²) < 4.78 is 0. The highest BCUT2D eigenvalue weighted by molar-refractivity contribution is 6.30. The van der Waals surface area contributed by atoms with Gasteiger partial charge in [0, 0.05) is 54.9 Å². The van der Waals surface area contributed by atoms with E-state index < -0.39 is 5.97 Å². The molecule has 2 fully saturated rings. The third-order valence-corrected chi connectivity index (χ3v) is 8.96. The number of benzene rings is 2.